The average Bonchev–Trinajstić information content (AvgIpc) is 2.60. The molecule has 1 saturated heterocycles. The molecule has 1 aliphatic heterocycles. The fourth-order valence-electron chi connectivity index (χ4n) is 4.08. The number of carbonyl (C=O) groups excluding carboxylic acids is 2. The summed E-state index contributed by atoms with van der Waals surface area (Å²) in [5.41, 5.74) is 0. The van der Waals surface area contributed by atoms with Crippen molar-refractivity contribution in [3.8, 4) is 0 Å². The van der Waals surface area contributed by atoms with Crippen LogP contribution in [0.3, 0.4) is 0 Å². The van der Waals surface area contributed by atoms with Crippen molar-refractivity contribution in [3.05, 3.63) is 0 Å². The zero-order valence-corrected chi connectivity index (χ0v) is 14.9. The van der Waals surface area contributed by atoms with Gasteiger partial charge in [0.05, 0.1) is 12.5 Å². The van der Waals surface area contributed by atoms with E-state index in [4.69, 9.17) is 4.74 Å². The van der Waals surface area contributed by atoms with Crippen LogP contribution in [0.5, 0.6) is 0 Å². The Labute approximate surface area is 140 Å². The van der Waals surface area contributed by atoms with Crippen LogP contribution < -0.4 is 0 Å². The monoisotopic (exact) mass is 323 g/mol. The van der Waals surface area contributed by atoms with Gasteiger partial charge in [-0.3, -0.25) is 9.59 Å². The van der Waals surface area contributed by atoms with Crippen molar-refractivity contribution < 1.29 is 14.3 Å². The van der Waals surface area contributed by atoms with E-state index in [1.807, 2.05) is 11.8 Å². The van der Waals surface area contributed by atoms with Crippen molar-refractivity contribution >= 4 is 11.9 Å². The molecule has 132 valence electrons. The SMILES string of the molecule is CCCCC1CCC(C(=O)N2CCCC(C(=O)OCC)C2)CC1. The number of unbranched alkanes of at least 4 members (excludes halogenated alkanes) is 1. The van der Waals surface area contributed by atoms with Gasteiger partial charge < -0.3 is 9.64 Å². The van der Waals surface area contributed by atoms with Gasteiger partial charge in [-0.2, -0.15) is 0 Å². The molecular weight excluding hydrogens is 290 g/mol. The number of hydrogen-bond acceptors (Lipinski definition) is 3. The minimum Gasteiger partial charge on any atom is -0.466 e. The Bertz CT molecular complexity index is 388. The highest BCUT2D eigenvalue weighted by molar-refractivity contribution is 5.80. The molecule has 1 saturated carbocycles. The summed E-state index contributed by atoms with van der Waals surface area (Å²) in [5, 5.41) is 0. The molecule has 1 atom stereocenters. The van der Waals surface area contributed by atoms with E-state index in [2.05, 4.69) is 6.92 Å². The Balaban J connectivity index is 1.80. The van der Waals surface area contributed by atoms with Crippen molar-refractivity contribution in [3.63, 3.8) is 0 Å². The summed E-state index contributed by atoms with van der Waals surface area (Å²) < 4.78 is 5.13. The molecule has 2 rings (SSSR count). The molecule has 0 aromatic heterocycles. The number of piperidine rings is 1. The predicted molar refractivity (Wildman–Crippen MR) is 90.9 cm³/mol. The van der Waals surface area contributed by atoms with Crippen LogP contribution in [0.1, 0.15) is 71.6 Å². The first-order chi connectivity index (χ1) is 11.2. The van der Waals surface area contributed by atoms with E-state index in [-0.39, 0.29) is 23.7 Å². The summed E-state index contributed by atoms with van der Waals surface area (Å²) in [6, 6.07) is 0. The molecule has 0 aromatic carbocycles. The molecule has 4 nitrogen and oxygen atoms in total. The number of amides is 1. The number of nitrogens with zero attached hydrogens (tertiary/aromatic N) is 1. The van der Waals surface area contributed by atoms with E-state index >= 15 is 0 Å². The van der Waals surface area contributed by atoms with Gasteiger partial charge in [-0.1, -0.05) is 26.2 Å². The first-order valence-corrected chi connectivity index (χ1v) is 9.61. The number of hydrogen-bond donors (Lipinski definition) is 0. The quantitative estimate of drug-likeness (QED) is 0.699. The van der Waals surface area contributed by atoms with Gasteiger partial charge in [0.15, 0.2) is 0 Å². The molecule has 0 spiro atoms. The van der Waals surface area contributed by atoms with Gasteiger partial charge in [0.25, 0.3) is 0 Å². The highest BCUT2D eigenvalue weighted by atomic mass is 16.5. The summed E-state index contributed by atoms with van der Waals surface area (Å²) in [6.07, 6.45) is 10.1. The molecule has 0 N–H and O–H groups in total. The van der Waals surface area contributed by atoms with Crippen LogP contribution in [0, 0.1) is 17.8 Å². The van der Waals surface area contributed by atoms with E-state index < -0.39 is 0 Å². The first kappa shape index (κ1) is 18.3. The lowest BCUT2D eigenvalue weighted by Crippen LogP contribution is -2.45. The second kappa shape index (κ2) is 9.29. The van der Waals surface area contributed by atoms with Crippen molar-refractivity contribution in [1.82, 2.24) is 4.90 Å². The Morgan fingerprint density at radius 2 is 1.78 bits per heavy atom. The summed E-state index contributed by atoms with van der Waals surface area (Å²) in [6.45, 7) is 5.87. The fraction of sp³-hybridized carbons (Fsp3) is 0.895. The van der Waals surface area contributed by atoms with Crippen molar-refractivity contribution in [1.29, 1.82) is 0 Å². The molecule has 1 aliphatic carbocycles. The van der Waals surface area contributed by atoms with E-state index in [0.29, 0.717) is 13.2 Å². The molecule has 1 amide bonds. The average molecular weight is 323 g/mol. The summed E-state index contributed by atoms with van der Waals surface area (Å²) in [4.78, 5) is 26.6. The van der Waals surface area contributed by atoms with Crippen molar-refractivity contribution in [2.24, 2.45) is 17.8 Å². The third kappa shape index (κ3) is 5.22. The Morgan fingerprint density at radius 3 is 2.43 bits per heavy atom. The van der Waals surface area contributed by atoms with Gasteiger partial charge >= 0.3 is 5.97 Å². The standard InChI is InChI=1S/C19H33NO3/c1-3-5-7-15-9-11-16(12-10-15)18(21)20-13-6-8-17(14-20)19(22)23-4-2/h15-17H,3-14H2,1-2H3. The van der Waals surface area contributed by atoms with Gasteiger partial charge in [-0.05, 0) is 51.4 Å². The van der Waals surface area contributed by atoms with Crippen LogP contribution in [0.25, 0.3) is 0 Å². The van der Waals surface area contributed by atoms with E-state index in [0.717, 1.165) is 38.1 Å². The second-order valence-electron chi connectivity index (χ2n) is 7.24. The third-order valence-corrected chi connectivity index (χ3v) is 5.51. The number of esters is 1. The molecule has 0 aromatic rings. The predicted octanol–water partition coefficient (Wildman–Crippen LogP) is 3.78. The van der Waals surface area contributed by atoms with Crippen molar-refractivity contribution in [2.75, 3.05) is 19.7 Å². The first-order valence-electron chi connectivity index (χ1n) is 9.61. The molecule has 0 radical (unpaired) electrons. The van der Waals surface area contributed by atoms with Crippen LogP contribution in [-0.4, -0.2) is 36.5 Å². The second-order valence-corrected chi connectivity index (χ2v) is 7.24. The highest BCUT2D eigenvalue weighted by Crippen LogP contribution is 2.33. The molecule has 1 heterocycles. The number of ether oxygens (including phenoxy) is 1. The Kier molecular flexibility index (Phi) is 7.38. The van der Waals surface area contributed by atoms with Crippen LogP contribution in [0.15, 0.2) is 0 Å². The van der Waals surface area contributed by atoms with Gasteiger partial charge in [0.1, 0.15) is 0 Å². The lowest BCUT2D eigenvalue weighted by atomic mass is 9.79. The number of rotatable bonds is 6. The maximum Gasteiger partial charge on any atom is 0.310 e. The van der Waals surface area contributed by atoms with Crippen LogP contribution in [0.2, 0.25) is 0 Å². The van der Waals surface area contributed by atoms with Gasteiger partial charge in [-0.25, -0.2) is 0 Å². The number of carbonyl (C=O) groups is 2. The molecule has 4 heteroatoms. The minimum absolute atomic E-state index is 0.117. The van der Waals surface area contributed by atoms with E-state index in [1.54, 1.807) is 0 Å². The lowest BCUT2D eigenvalue weighted by molar-refractivity contribution is -0.152. The molecule has 0 bridgehead atoms. The zero-order valence-electron chi connectivity index (χ0n) is 14.9. The van der Waals surface area contributed by atoms with E-state index in [1.165, 1.54) is 32.1 Å². The smallest absolute Gasteiger partial charge is 0.310 e. The van der Waals surface area contributed by atoms with E-state index in [9.17, 15) is 9.59 Å². The van der Waals surface area contributed by atoms with Gasteiger partial charge in [0, 0.05) is 19.0 Å². The fourth-order valence-corrected chi connectivity index (χ4v) is 4.08. The molecule has 2 fully saturated rings. The normalized spacial score (nSPS) is 28.4. The number of likely N-dealkylation sites (tertiary alicyclic amines) is 1. The molecule has 2 aliphatic rings. The summed E-state index contributed by atoms with van der Waals surface area (Å²) in [5.74, 6) is 1.05. The zero-order chi connectivity index (χ0) is 16.7. The topological polar surface area (TPSA) is 46.6 Å². The Hall–Kier alpha value is -1.06. The summed E-state index contributed by atoms with van der Waals surface area (Å²) in [7, 11) is 0. The lowest BCUT2D eigenvalue weighted by Gasteiger charge is -2.36. The summed E-state index contributed by atoms with van der Waals surface area (Å²) >= 11 is 0. The third-order valence-electron chi connectivity index (χ3n) is 5.51. The minimum atomic E-state index is -0.131. The maximum atomic E-state index is 12.8. The molecule has 1 unspecified atom stereocenters. The largest absolute Gasteiger partial charge is 0.466 e. The molecular formula is C19H33NO3. The Morgan fingerprint density at radius 1 is 1.04 bits per heavy atom. The highest BCUT2D eigenvalue weighted by Gasteiger charge is 2.34. The van der Waals surface area contributed by atoms with Gasteiger partial charge in [-0.15, -0.1) is 0 Å². The van der Waals surface area contributed by atoms with Crippen LogP contribution >= 0.6 is 0 Å². The van der Waals surface area contributed by atoms with Crippen LogP contribution in [-0.2, 0) is 14.3 Å². The van der Waals surface area contributed by atoms with Crippen LogP contribution in [0.4, 0.5) is 0 Å². The molecule has 23 heavy (non-hydrogen) atoms. The van der Waals surface area contributed by atoms with Crippen molar-refractivity contribution in [2.45, 2.75) is 71.6 Å². The maximum absolute atomic E-state index is 12.8. The van der Waals surface area contributed by atoms with Gasteiger partial charge in [0.2, 0.25) is 5.91 Å².